The van der Waals surface area contributed by atoms with Gasteiger partial charge in [-0.15, -0.1) is 0 Å². The van der Waals surface area contributed by atoms with Crippen molar-refractivity contribution in [2.75, 3.05) is 26.4 Å². The molecule has 3 aromatic heterocycles. The Morgan fingerprint density at radius 2 is 2.13 bits per heavy atom. The van der Waals surface area contributed by atoms with Gasteiger partial charge in [-0.1, -0.05) is 0 Å². The van der Waals surface area contributed by atoms with Crippen LogP contribution in [0.3, 0.4) is 0 Å². The summed E-state index contributed by atoms with van der Waals surface area (Å²) in [5, 5.41) is 7.72. The molecule has 1 fully saturated rings. The Bertz CT molecular complexity index is 1050. The lowest BCUT2D eigenvalue weighted by Gasteiger charge is -2.22. The molecular weight excluding hydrogens is 384 g/mol. The first kappa shape index (κ1) is 19.0. The molecule has 0 aromatic carbocycles. The SMILES string of the molecule is Cc1c(C(=O)NC[C@@H]2COCCO2)oc2c1-c1nn(Cc3ccncc3)cc1CC2. The van der Waals surface area contributed by atoms with E-state index in [1.165, 1.54) is 5.56 Å². The number of fused-ring (bicyclic) bond motifs is 3. The molecule has 8 nitrogen and oxygen atoms in total. The third-order valence-corrected chi connectivity index (χ3v) is 5.59. The molecule has 0 radical (unpaired) electrons. The van der Waals surface area contributed by atoms with Gasteiger partial charge in [0.25, 0.3) is 5.91 Å². The van der Waals surface area contributed by atoms with Crippen molar-refractivity contribution in [3.05, 3.63) is 58.9 Å². The molecule has 0 bridgehead atoms. The number of rotatable bonds is 5. The van der Waals surface area contributed by atoms with E-state index in [4.69, 9.17) is 19.0 Å². The second-order valence-electron chi connectivity index (χ2n) is 7.69. The van der Waals surface area contributed by atoms with Crippen LogP contribution in [-0.4, -0.2) is 53.1 Å². The molecular formula is C22H24N4O4. The summed E-state index contributed by atoms with van der Waals surface area (Å²) in [7, 11) is 0. The van der Waals surface area contributed by atoms with Crippen LogP contribution in [0.15, 0.2) is 35.1 Å². The standard InChI is InChI=1S/C22H24N4O4/c1-14-19-18(30-21(14)22(27)24-10-17-13-28-8-9-29-17)3-2-16-12-26(25-20(16)19)11-15-4-6-23-7-5-15/h4-7,12,17H,2-3,8-11,13H2,1H3,(H,24,27)/t17-/m1/s1. The Hall–Kier alpha value is -2.97. The van der Waals surface area contributed by atoms with Crippen molar-refractivity contribution in [2.45, 2.75) is 32.4 Å². The second kappa shape index (κ2) is 8.04. The Kier molecular flexibility index (Phi) is 5.10. The summed E-state index contributed by atoms with van der Waals surface area (Å²) in [4.78, 5) is 16.8. The van der Waals surface area contributed by atoms with Gasteiger partial charge < -0.3 is 19.2 Å². The highest BCUT2D eigenvalue weighted by Gasteiger charge is 2.30. The fourth-order valence-electron chi connectivity index (χ4n) is 4.08. The molecule has 0 unspecified atom stereocenters. The van der Waals surface area contributed by atoms with E-state index in [0.29, 0.717) is 38.7 Å². The first-order chi connectivity index (χ1) is 14.7. The minimum atomic E-state index is -0.228. The van der Waals surface area contributed by atoms with E-state index in [0.717, 1.165) is 41.0 Å². The molecule has 0 saturated carbocycles. The molecule has 30 heavy (non-hydrogen) atoms. The number of aromatic nitrogens is 3. The van der Waals surface area contributed by atoms with Gasteiger partial charge in [0, 0.05) is 42.7 Å². The van der Waals surface area contributed by atoms with Gasteiger partial charge >= 0.3 is 0 Å². The van der Waals surface area contributed by atoms with E-state index in [9.17, 15) is 4.79 Å². The summed E-state index contributed by atoms with van der Waals surface area (Å²) in [5.74, 6) is 0.957. The molecule has 1 amide bonds. The fraction of sp³-hybridized carbons (Fsp3) is 0.409. The number of pyridine rings is 1. The van der Waals surface area contributed by atoms with Crippen LogP contribution >= 0.6 is 0 Å². The van der Waals surface area contributed by atoms with Crippen molar-refractivity contribution in [3.8, 4) is 11.3 Å². The molecule has 3 aromatic rings. The Morgan fingerprint density at radius 3 is 2.93 bits per heavy atom. The van der Waals surface area contributed by atoms with Crippen LogP contribution in [0, 0.1) is 6.92 Å². The summed E-state index contributed by atoms with van der Waals surface area (Å²) in [6.45, 7) is 4.65. The number of hydrogen-bond acceptors (Lipinski definition) is 6. The van der Waals surface area contributed by atoms with E-state index in [2.05, 4.69) is 16.5 Å². The highest BCUT2D eigenvalue weighted by molar-refractivity contribution is 5.95. The third kappa shape index (κ3) is 3.64. The first-order valence-electron chi connectivity index (χ1n) is 10.2. The molecule has 1 aliphatic carbocycles. The van der Waals surface area contributed by atoms with Crippen LogP contribution in [0.2, 0.25) is 0 Å². The van der Waals surface area contributed by atoms with Crippen LogP contribution in [0.1, 0.15) is 33.0 Å². The molecule has 1 atom stereocenters. The molecule has 156 valence electrons. The van der Waals surface area contributed by atoms with E-state index >= 15 is 0 Å². The quantitative estimate of drug-likeness (QED) is 0.696. The van der Waals surface area contributed by atoms with Crippen molar-refractivity contribution in [2.24, 2.45) is 0 Å². The molecule has 0 spiro atoms. The van der Waals surface area contributed by atoms with Crippen LogP contribution in [0.4, 0.5) is 0 Å². The monoisotopic (exact) mass is 408 g/mol. The van der Waals surface area contributed by atoms with Gasteiger partial charge in [-0.05, 0) is 36.6 Å². The Balaban J connectivity index is 1.36. The van der Waals surface area contributed by atoms with Gasteiger partial charge in [0.1, 0.15) is 5.76 Å². The topological polar surface area (TPSA) is 91.4 Å². The maximum Gasteiger partial charge on any atom is 0.287 e. The van der Waals surface area contributed by atoms with Crippen LogP contribution in [-0.2, 0) is 28.9 Å². The van der Waals surface area contributed by atoms with Crippen molar-refractivity contribution >= 4 is 5.91 Å². The summed E-state index contributed by atoms with van der Waals surface area (Å²) in [6.07, 6.45) is 7.14. The summed E-state index contributed by atoms with van der Waals surface area (Å²) >= 11 is 0. The first-order valence-corrected chi connectivity index (χ1v) is 10.2. The Morgan fingerprint density at radius 1 is 1.27 bits per heavy atom. The van der Waals surface area contributed by atoms with E-state index in [1.807, 2.05) is 23.7 Å². The third-order valence-electron chi connectivity index (χ3n) is 5.59. The second-order valence-corrected chi connectivity index (χ2v) is 7.69. The van der Waals surface area contributed by atoms with Gasteiger partial charge in [0.2, 0.25) is 0 Å². The number of aryl methyl sites for hydroxylation is 2. The average Bonchev–Trinajstić information content (AvgIpc) is 3.33. The minimum absolute atomic E-state index is 0.122. The lowest BCUT2D eigenvalue weighted by atomic mass is 9.93. The van der Waals surface area contributed by atoms with E-state index < -0.39 is 0 Å². The average molecular weight is 408 g/mol. The molecule has 5 rings (SSSR count). The molecule has 2 aliphatic rings. The van der Waals surface area contributed by atoms with Gasteiger partial charge in [-0.25, -0.2) is 0 Å². The zero-order chi connectivity index (χ0) is 20.5. The van der Waals surface area contributed by atoms with Crippen LogP contribution < -0.4 is 5.32 Å². The number of nitrogens with zero attached hydrogens (tertiary/aromatic N) is 3. The maximum atomic E-state index is 12.8. The minimum Gasteiger partial charge on any atom is -0.455 e. The zero-order valence-corrected chi connectivity index (χ0v) is 16.9. The van der Waals surface area contributed by atoms with Gasteiger partial charge in [-0.2, -0.15) is 5.10 Å². The van der Waals surface area contributed by atoms with E-state index in [-0.39, 0.29) is 12.0 Å². The molecule has 1 saturated heterocycles. The van der Waals surface area contributed by atoms with Crippen molar-refractivity contribution in [1.82, 2.24) is 20.1 Å². The smallest absolute Gasteiger partial charge is 0.287 e. The normalized spacial score (nSPS) is 18.0. The number of ether oxygens (including phenoxy) is 2. The number of carbonyl (C=O) groups is 1. The highest BCUT2D eigenvalue weighted by atomic mass is 16.6. The predicted octanol–water partition coefficient (Wildman–Crippen LogP) is 2.14. The summed E-state index contributed by atoms with van der Waals surface area (Å²) in [5.41, 5.74) is 5.02. The van der Waals surface area contributed by atoms with Crippen molar-refractivity contribution in [1.29, 1.82) is 0 Å². The van der Waals surface area contributed by atoms with Gasteiger partial charge in [0.05, 0.1) is 38.2 Å². The fourth-order valence-corrected chi connectivity index (χ4v) is 4.08. The number of nitrogens with one attached hydrogen (secondary N) is 1. The maximum absolute atomic E-state index is 12.8. The predicted molar refractivity (Wildman–Crippen MR) is 108 cm³/mol. The molecule has 8 heteroatoms. The van der Waals surface area contributed by atoms with Gasteiger partial charge in [-0.3, -0.25) is 14.5 Å². The summed E-state index contributed by atoms with van der Waals surface area (Å²) < 4.78 is 18.9. The molecule has 1 aliphatic heterocycles. The number of carbonyl (C=O) groups excluding carboxylic acids is 1. The lowest BCUT2D eigenvalue weighted by Crippen LogP contribution is -2.39. The van der Waals surface area contributed by atoms with E-state index in [1.54, 1.807) is 12.4 Å². The van der Waals surface area contributed by atoms with Crippen molar-refractivity contribution in [3.63, 3.8) is 0 Å². The molecule has 4 heterocycles. The number of furan rings is 1. The Labute approximate surface area is 174 Å². The van der Waals surface area contributed by atoms with Crippen LogP contribution in [0.25, 0.3) is 11.3 Å². The van der Waals surface area contributed by atoms with Crippen LogP contribution in [0.5, 0.6) is 0 Å². The van der Waals surface area contributed by atoms with Crippen molar-refractivity contribution < 1.29 is 18.7 Å². The number of amides is 1. The highest BCUT2D eigenvalue weighted by Crippen LogP contribution is 2.38. The summed E-state index contributed by atoms with van der Waals surface area (Å²) in [6, 6.07) is 3.97. The zero-order valence-electron chi connectivity index (χ0n) is 16.9. The number of hydrogen-bond donors (Lipinski definition) is 1. The largest absolute Gasteiger partial charge is 0.455 e. The molecule has 1 N–H and O–H groups in total. The lowest BCUT2D eigenvalue weighted by molar-refractivity contribution is -0.0856. The van der Waals surface area contributed by atoms with Gasteiger partial charge in [0.15, 0.2) is 5.76 Å².